The molecule has 0 saturated carbocycles. The van der Waals surface area contributed by atoms with E-state index in [1.807, 2.05) is 12.4 Å². The van der Waals surface area contributed by atoms with E-state index in [-0.39, 0.29) is 16.9 Å². The lowest BCUT2D eigenvalue weighted by molar-refractivity contribution is -0.142. The van der Waals surface area contributed by atoms with Crippen LogP contribution in [0.5, 0.6) is 0 Å². The van der Waals surface area contributed by atoms with E-state index >= 15 is 0 Å². The molecule has 4 fully saturated rings. The predicted octanol–water partition coefficient (Wildman–Crippen LogP) is 0.255. The molecule has 1 aromatic rings. The lowest BCUT2D eigenvalue weighted by atomic mass is 9.57. The minimum atomic E-state index is 0.104. The fraction of sp³-hybridized carbons (Fsp3) is 0.643. The molecular formula is C14H20N4. The average Bonchev–Trinajstić information content (AvgIpc) is 2.36. The van der Waals surface area contributed by atoms with Crippen molar-refractivity contribution in [3.05, 3.63) is 30.1 Å². The molecule has 18 heavy (non-hydrogen) atoms. The first-order valence-electron chi connectivity index (χ1n) is 6.73. The molecule has 0 spiro atoms. The lowest BCUT2D eigenvalue weighted by Gasteiger charge is -2.67. The Kier molecular flexibility index (Phi) is 2.01. The summed E-state index contributed by atoms with van der Waals surface area (Å²) < 4.78 is 0. The molecule has 0 radical (unpaired) electrons. The Balaban J connectivity index is 1.85. The summed E-state index contributed by atoms with van der Waals surface area (Å²) in [5, 5.41) is 0. The summed E-state index contributed by atoms with van der Waals surface area (Å²) in [7, 11) is 0. The van der Waals surface area contributed by atoms with E-state index in [1.54, 1.807) is 0 Å². The normalized spacial score (nSPS) is 49.6. The van der Waals surface area contributed by atoms with Gasteiger partial charge in [-0.2, -0.15) is 0 Å². The summed E-state index contributed by atoms with van der Waals surface area (Å²) in [6.07, 6.45) is 3.79. The first-order chi connectivity index (χ1) is 8.62. The first kappa shape index (κ1) is 10.9. The van der Waals surface area contributed by atoms with Crippen molar-refractivity contribution >= 4 is 0 Å². The van der Waals surface area contributed by atoms with Gasteiger partial charge in [0.2, 0.25) is 0 Å². The average molecular weight is 244 g/mol. The van der Waals surface area contributed by atoms with Gasteiger partial charge in [0.05, 0.1) is 6.67 Å². The smallest absolute Gasteiger partial charge is 0.0507 e. The van der Waals surface area contributed by atoms with Gasteiger partial charge in [-0.1, -0.05) is 6.92 Å². The maximum absolute atomic E-state index is 6.69. The number of hydrogen-bond donors (Lipinski definition) is 1. The van der Waals surface area contributed by atoms with E-state index in [1.165, 1.54) is 5.56 Å². The van der Waals surface area contributed by atoms with Crippen LogP contribution in [0.15, 0.2) is 24.5 Å². The molecule has 3 unspecified atom stereocenters. The van der Waals surface area contributed by atoms with Crippen molar-refractivity contribution in [1.82, 2.24) is 14.8 Å². The molecule has 0 aromatic carbocycles. The second kappa shape index (κ2) is 3.32. The second-order valence-corrected chi connectivity index (χ2v) is 6.64. The van der Waals surface area contributed by atoms with Gasteiger partial charge in [-0.25, -0.2) is 0 Å². The molecular weight excluding hydrogens is 224 g/mol. The van der Waals surface area contributed by atoms with Gasteiger partial charge in [0.1, 0.15) is 0 Å². The molecule has 4 aliphatic heterocycles. The van der Waals surface area contributed by atoms with Crippen molar-refractivity contribution in [2.75, 3.05) is 32.8 Å². The van der Waals surface area contributed by atoms with E-state index in [2.05, 4.69) is 33.8 Å². The van der Waals surface area contributed by atoms with Crippen LogP contribution in [0.4, 0.5) is 0 Å². The Morgan fingerprint density at radius 2 is 1.78 bits per heavy atom. The minimum Gasteiger partial charge on any atom is -0.326 e. The third-order valence-corrected chi connectivity index (χ3v) is 5.18. The topological polar surface area (TPSA) is 45.4 Å². The number of nitrogens with two attached hydrogens (primary N) is 1. The summed E-state index contributed by atoms with van der Waals surface area (Å²) >= 11 is 0. The standard InChI is InChI=1S/C14H20N4/c1-13-6-17-8-14(12(13)15,9-18(7-13)10-17)11-2-4-16-5-3-11/h2-5,12H,6-10,15H2,1H3. The van der Waals surface area contributed by atoms with Crippen molar-refractivity contribution < 1.29 is 0 Å². The zero-order chi connectivity index (χ0) is 12.4. The highest BCUT2D eigenvalue weighted by Gasteiger charge is 2.60. The third-order valence-electron chi connectivity index (χ3n) is 5.18. The Labute approximate surface area is 108 Å². The Hall–Kier alpha value is -0.970. The predicted molar refractivity (Wildman–Crippen MR) is 70.0 cm³/mol. The van der Waals surface area contributed by atoms with Gasteiger partial charge in [-0.3, -0.25) is 14.8 Å². The van der Waals surface area contributed by atoms with E-state index in [9.17, 15) is 0 Å². The Morgan fingerprint density at radius 1 is 1.17 bits per heavy atom. The van der Waals surface area contributed by atoms with Crippen molar-refractivity contribution in [2.45, 2.75) is 18.4 Å². The van der Waals surface area contributed by atoms with E-state index in [4.69, 9.17) is 5.73 Å². The van der Waals surface area contributed by atoms with Crippen LogP contribution in [0, 0.1) is 5.41 Å². The van der Waals surface area contributed by atoms with E-state index in [0.717, 1.165) is 32.8 Å². The molecule has 3 atom stereocenters. The zero-order valence-electron chi connectivity index (χ0n) is 10.8. The van der Waals surface area contributed by atoms with Crippen LogP contribution in [0.25, 0.3) is 0 Å². The van der Waals surface area contributed by atoms with Crippen LogP contribution in [0.1, 0.15) is 12.5 Å². The van der Waals surface area contributed by atoms with Crippen LogP contribution in [0.3, 0.4) is 0 Å². The van der Waals surface area contributed by atoms with Crippen molar-refractivity contribution in [3.8, 4) is 0 Å². The fourth-order valence-electron chi connectivity index (χ4n) is 4.62. The van der Waals surface area contributed by atoms with Gasteiger partial charge in [-0.05, 0) is 17.7 Å². The monoisotopic (exact) mass is 244 g/mol. The number of rotatable bonds is 1. The van der Waals surface area contributed by atoms with Gasteiger partial charge in [0.25, 0.3) is 0 Å². The SMILES string of the molecule is CC12CN3CN(C1)CC(c1ccncc1)(C3)C2N. The quantitative estimate of drug-likeness (QED) is 0.769. The Bertz CT molecular complexity index is 458. The van der Waals surface area contributed by atoms with E-state index in [0.29, 0.717) is 0 Å². The maximum Gasteiger partial charge on any atom is 0.0507 e. The molecule has 5 rings (SSSR count). The lowest BCUT2D eigenvalue weighted by Crippen LogP contribution is -2.80. The van der Waals surface area contributed by atoms with Gasteiger partial charge in [0, 0.05) is 55.4 Å². The first-order valence-corrected chi connectivity index (χ1v) is 6.73. The molecule has 0 amide bonds. The van der Waals surface area contributed by atoms with Crippen LogP contribution in [-0.4, -0.2) is 53.7 Å². The van der Waals surface area contributed by atoms with Crippen LogP contribution < -0.4 is 5.73 Å². The van der Waals surface area contributed by atoms with Crippen LogP contribution in [0.2, 0.25) is 0 Å². The van der Waals surface area contributed by atoms with Crippen molar-refractivity contribution in [3.63, 3.8) is 0 Å². The molecule has 4 saturated heterocycles. The third kappa shape index (κ3) is 1.23. The molecule has 5 heterocycles. The number of hydrogen-bond acceptors (Lipinski definition) is 4. The van der Waals surface area contributed by atoms with Gasteiger partial charge >= 0.3 is 0 Å². The summed E-state index contributed by atoms with van der Waals surface area (Å²) in [4.78, 5) is 9.28. The fourth-order valence-corrected chi connectivity index (χ4v) is 4.62. The van der Waals surface area contributed by atoms with Gasteiger partial charge in [-0.15, -0.1) is 0 Å². The molecule has 0 aliphatic carbocycles. The maximum atomic E-state index is 6.69. The zero-order valence-corrected chi connectivity index (χ0v) is 10.8. The largest absolute Gasteiger partial charge is 0.326 e. The molecule has 1 aromatic heterocycles. The highest BCUT2D eigenvalue weighted by molar-refractivity contribution is 5.33. The Morgan fingerprint density at radius 3 is 2.39 bits per heavy atom. The number of nitrogens with zero attached hydrogens (tertiary/aromatic N) is 3. The number of aromatic nitrogens is 1. The highest BCUT2D eigenvalue weighted by atomic mass is 15.4. The van der Waals surface area contributed by atoms with Gasteiger partial charge in [0.15, 0.2) is 0 Å². The van der Waals surface area contributed by atoms with Crippen LogP contribution >= 0.6 is 0 Å². The summed E-state index contributed by atoms with van der Waals surface area (Å²) in [5.74, 6) is 0. The number of pyridine rings is 1. The minimum absolute atomic E-state index is 0.104. The van der Waals surface area contributed by atoms with Gasteiger partial charge < -0.3 is 5.73 Å². The molecule has 4 nitrogen and oxygen atoms in total. The highest BCUT2D eigenvalue weighted by Crippen LogP contribution is 2.49. The van der Waals surface area contributed by atoms with Crippen LogP contribution in [-0.2, 0) is 5.41 Å². The second-order valence-electron chi connectivity index (χ2n) is 6.64. The molecule has 4 bridgehead atoms. The number of piperidine rings is 2. The summed E-state index contributed by atoms with van der Waals surface area (Å²) in [6.45, 7) is 7.98. The summed E-state index contributed by atoms with van der Waals surface area (Å²) in [5.41, 5.74) is 8.40. The molecule has 2 N–H and O–H groups in total. The van der Waals surface area contributed by atoms with E-state index < -0.39 is 0 Å². The van der Waals surface area contributed by atoms with Crippen molar-refractivity contribution in [1.29, 1.82) is 0 Å². The molecule has 4 aliphatic rings. The summed E-state index contributed by atoms with van der Waals surface area (Å²) in [6, 6.07) is 4.55. The molecule has 4 heteroatoms. The molecule has 96 valence electrons. The van der Waals surface area contributed by atoms with Crippen molar-refractivity contribution in [2.24, 2.45) is 11.1 Å².